The van der Waals surface area contributed by atoms with E-state index in [0.29, 0.717) is 22.4 Å². The lowest BCUT2D eigenvalue weighted by Gasteiger charge is -2.14. The third-order valence-corrected chi connectivity index (χ3v) is 3.72. The molecule has 1 aromatic heterocycles. The maximum atomic E-state index is 12.7. The summed E-state index contributed by atoms with van der Waals surface area (Å²) >= 11 is 0. The summed E-state index contributed by atoms with van der Waals surface area (Å²) < 4.78 is 42.1. The van der Waals surface area contributed by atoms with Gasteiger partial charge in [-0.1, -0.05) is 36.4 Å². The first kappa shape index (κ1) is 18.4. The number of aryl methyl sites for hydroxylation is 1. The van der Waals surface area contributed by atoms with Gasteiger partial charge in [-0.15, -0.1) is 13.2 Å². The molecule has 5 nitrogen and oxygen atoms in total. The first-order valence-corrected chi connectivity index (χ1v) is 7.77. The molecule has 3 rings (SSSR count). The highest BCUT2D eigenvalue weighted by atomic mass is 19.4. The number of aromatic carboxylic acids is 1. The molecule has 0 aliphatic carbocycles. The Bertz CT molecular complexity index is 1000. The number of alkyl halides is 3. The van der Waals surface area contributed by atoms with E-state index in [1.807, 2.05) is 0 Å². The second-order valence-corrected chi connectivity index (χ2v) is 5.66. The number of hydrogen-bond donors (Lipinski definition) is 1. The summed E-state index contributed by atoms with van der Waals surface area (Å²) in [6, 6.07) is 12.4. The molecule has 0 bridgehead atoms. The Balaban J connectivity index is 2.08. The zero-order valence-electron chi connectivity index (χ0n) is 14.0. The van der Waals surface area contributed by atoms with Crippen LogP contribution in [0.1, 0.15) is 16.2 Å². The number of halogens is 3. The summed E-state index contributed by atoms with van der Waals surface area (Å²) in [5.74, 6) is -1.95. The molecule has 0 amide bonds. The number of nitrogens with zero attached hydrogens (tertiary/aromatic N) is 2. The van der Waals surface area contributed by atoms with Gasteiger partial charge in [0.05, 0.1) is 5.69 Å². The predicted octanol–water partition coefficient (Wildman–Crippen LogP) is 4.72. The highest BCUT2D eigenvalue weighted by Crippen LogP contribution is 2.35. The summed E-state index contributed by atoms with van der Waals surface area (Å²) in [5.41, 5.74) is 2.30. The number of para-hydroxylation sites is 1. The monoisotopic (exact) mass is 374 g/mol. The highest BCUT2D eigenvalue weighted by molar-refractivity contribution is 5.84. The summed E-state index contributed by atoms with van der Waals surface area (Å²) in [6.45, 7) is 1.72. The average molecular weight is 374 g/mol. The summed E-state index contributed by atoms with van der Waals surface area (Å²) in [4.78, 5) is 18.9. The molecule has 138 valence electrons. The highest BCUT2D eigenvalue weighted by Gasteiger charge is 2.32. The molecule has 1 heterocycles. The largest absolute Gasteiger partial charge is 0.573 e. The Labute approximate surface area is 152 Å². The Morgan fingerprint density at radius 1 is 1.07 bits per heavy atom. The summed E-state index contributed by atoms with van der Waals surface area (Å²) in [5, 5.41) is 9.08. The Kier molecular flexibility index (Phi) is 4.81. The minimum atomic E-state index is -4.81. The molecule has 8 heteroatoms. The standard InChI is InChI=1S/C19H13F3N2O3/c1-11-10-23-17(18(25)26)24-16(11)13-6-4-5-12(9-13)14-7-2-3-8-15(14)27-19(20,21)22/h2-10H,1H3,(H,25,26). The van der Waals surface area contributed by atoms with Crippen LogP contribution in [0, 0.1) is 6.92 Å². The van der Waals surface area contributed by atoms with Crippen molar-refractivity contribution in [1.29, 1.82) is 0 Å². The first-order chi connectivity index (χ1) is 12.7. The van der Waals surface area contributed by atoms with Gasteiger partial charge < -0.3 is 9.84 Å². The van der Waals surface area contributed by atoms with E-state index in [-0.39, 0.29) is 17.1 Å². The van der Waals surface area contributed by atoms with Gasteiger partial charge in [-0.05, 0) is 30.2 Å². The molecular weight excluding hydrogens is 361 g/mol. The minimum Gasteiger partial charge on any atom is -0.475 e. The third-order valence-electron chi connectivity index (χ3n) is 3.72. The zero-order valence-corrected chi connectivity index (χ0v) is 14.0. The van der Waals surface area contributed by atoms with Crippen LogP contribution in [0.3, 0.4) is 0 Å². The van der Waals surface area contributed by atoms with Gasteiger partial charge in [0, 0.05) is 17.3 Å². The van der Waals surface area contributed by atoms with Gasteiger partial charge in [-0.2, -0.15) is 0 Å². The molecule has 0 radical (unpaired) electrons. The van der Waals surface area contributed by atoms with E-state index in [9.17, 15) is 18.0 Å². The fraction of sp³-hybridized carbons (Fsp3) is 0.105. The van der Waals surface area contributed by atoms with E-state index in [0.717, 1.165) is 0 Å². The van der Waals surface area contributed by atoms with Crippen molar-refractivity contribution in [2.45, 2.75) is 13.3 Å². The molecule has 0 aliphatic heterocycles. The molecule has 3 aromatic rings. The minimum absolute atomic E-state index is 0.252. The van der Waals surface area contributed by atoms with Crippen LogP contribution in [0.2, 0.25) is 0 Å². The molecule has 0 saturated heterocycles. The Hall–Kier alpha value is -3.42. The fourth-order valence-electron chi connectivity index (χ4n) is 2.59. The van der Waals surface area contributed by atoms with E-state index in [2.05, 4.69) is 14.7 Å². The quantitative estimate of drug-likeness (QED) is 0.716. The van der Waals surface area contributed by atoms with E-state index < -0.39 is 12.3 Å². The fourth-order valence-corrected chi connectivity index (χ4v) is 2.59. The first-order valence-electron chi connectivity index (χ1n) is 7.77. The Morgan fingerprint density at radius 3 is 2.48 bits per heavy atom. The molecule has 0 aliphatic rings. The van der Waals surface area contributed by atoms with Gasteiger partial charge in [0.15, 0.2) is 0 Å². The lowest BCUT2D eigenvalue weighted by Crippen LogP contribution is -2.17. The van der Waals surface area contributed by atoms with E-state index in [4.69, 9.17) is 5.11 Å². The smallest absolute Gasteiger partial charge is 0.475 e. The maximum absolute atomic E-state index is 12.7. The van der Waals surface area contributed by atoms with Gasteiger partial charge in [0.2, 0.25) is 5.82 Å². The number of carbonyl (C=O) groups is 1. The van der Waals surface area contributed by atoms with Gasteiger partial charge >= 0.3 is 12.3 Å². The number of carboxylic acid groups (broad SMARTS) is 1. The third kappa shape index (κ3) is 4.22. The normalized spacial score (nSPS) is 11.3. The Morgan fingerprint density at radius 2 is 1.78 bits per heavy atom. The van der Waals surface area contributed by atoms with Crippen LogP contribution in [-0.4, -0.2) is 27.4 Å². The second kappa shape index (κ2) is 7.06. The topological polar surface area (TPSA) is 72.3 Å². The molecule has 0 saturated carbocycles. The van der Waals surface area contributed by atoms with E-state index in [1.165, 1.54) is 24.4 Å². The molecule has 0 unspecified atom stereocenters. The van der Waals surface area contributed by atoms with Crippen molar-refractivity contribution in [2.75, 3.05) is 0 Å². The SMILES string of the molecule is Cc1cnc(C(=O)O)nc1-c1cccc(-c2ccccc2OC(F)(F)F)c1. The number of rotatable bonds is 4. The van der Waals surface area contributed by atoms with Crippen LogP contribution in [0.5, 0.6) is 5.75 Å². The lowest BCUT2D eigenvalue weighted by atomic mass is 9.99. The zero-order chi connectivity index (χ0) is 19.6. The molecule has 1 N–H and O–H groups in total. The van der Waals surface area contributed by atoms with Crippen LogP contribution < -0.4 is 4.74 Å². The van der Waals surface area contributed by atoms with Gasteiger partial charge in [0.1, 0.15) is 5.75 Å². The lowest BCUT2D eigenvalue weighted by molar-refractivity contribution is -0.274. The van der Waals surface area contributed by atoms with Crippen LogP contribution in [0.4, 0.5) is 13.2 Å². The van der Waals surface area contributed by atoms with Crippen LogP contribution in [0.15, 0.2) is 54.7 Å². The van der Waals surface area contributed by atoms with Crippen LogP contribution in [-0.2, 0) is 0 Å². The number of carboxylic acids is 1. The molecule has 0 fully saturated rings. The molecule has 27 heavy (non-hydrogen) atoms. The number of ether oxygens (including phenoxy) is 1. The van der Waals surface area contributed by atoms with Gasteiger partial charge in [-0.25, -0.2) is 14.8 Å². The van der Waals surface area contributed by atoms with Gasteiger partial charge in [-0.3, -0.25) is 0 Å². The number of hydrogen-bond acceptors (Lipinski definition) is 4. The average Bonchev–Trinajstić information content (AvgIpc) is 2.61. The van der Waals surface area contributed by atoms with Crippen molar-refractivity contribution in [2.24, 2.45) is 0 Å². The van der Waals surface area contributed by atoms with Crippen molar-refractivity contribution >= 4 is 5.97 Å². The summed E-state index contributed by atoms with van der Waals surface area (Å²) in [6.07, 6.45) is -3.42. The maximum Gasteiger partial charge on any atom is 0.573 e. The predicted molar refractivity (Wildman–Crippen MR) is 91.3 cm³/mol. The van der Waals surface area contributed by atoms with Crippen molar-refractivity contribution in [3.8, 4) is 28.1 Å². The number of aromatic nitrogens is 2. The van der Waals surface area contributed by atoms with Crippen molar-refractivity contribution in [3.05, 3.63) is 66.1 Å². The van der Waals surface area contributed by atoms with Crippen molar-refractivity contribution < 1.29 is 27.8 Å². The van der Waals surface area contributed by atoms with Crippen LogP contribution in [0.25, 0.3) is 22.4 Å². The van der Waals surface area contributed by atoms with Crippen molar-refractivity contribution in [1.82, 2.24) is 9.97 Å². The molecular formula is C19H13F3N2O3. The van der Waals surface area contributed by atoms with Crippen molar-refractivity contribution in [3.63, 3.8) is 0 Å². The second-order valence-electron chi connectivity index (χ2n) is 5.66. The number of benzene rings is 2. The molecule has 0 spiro atoms. The van der Waals surface area contributed by atoms with E-state index >= 15 is 0 Å². The van der Waals surface area contributed by atoms with E-state index in [1.54, 1.807) is 37.3 Å². The van der Waals surface area contributed by atoms with Gasteiger partial charge in [0.25, 0.3) is 0 Å². The molecule has 2 aromatic carbocycles. The summed E-state index contributed by atoms with van der Waals surface area (Å²) in [7, 11) is 0. The van der Waals surface area contributed by atoms with Crippen LogP contribution >= 0.6 is 0 Å². The molecule has 0 atom stereocenters.